The first-order chi connectivity index (χ1) is 15.0. The second kappa shape index (κ2) is 11.4. The van der Waals surface area contributed by atoms with Crippen LogP contribution in [-0.2, 0) is 16.1 Å². The van der Waals surface area contributed by atoms with Crippen molar-refractivity contribution in [2.45, 2.75) is 45.4 Å². The molecule has 0 saturated carbocycles. The summed E-state index contributed by atoms with van der Waals surface area (Å²) in [4.78, 5) is 24.5. The molecule has 0 radical (unpaired) electrons. The molecule has 1 saturated heterocycles. The fourth-order valence-electron chi connectivity index (χ4n) is 3.29. The molecule has 2 aromatic rings. The Balaban J connectivity index is 1.41. The molecular weight excluding hydrogens is 394 g/mol. The van der Waals surface area contributed by atoms with E-state index in [1.54, 1.807) is 18.2 Å². The van der Waals surface area contributed by atoms with E-state index in [2.05, 4.69) is 16.0 Å². The molecule has 2 amide bonds. The predicted octanol–water partition coefficient (Wildman–Crippen LogP) is 3.11. The quantitative estimate of drug-likeness (QED) is 0.544. The largest absolute Gasteiger partial charge is 0.491 e. The molecule has 2 aromatic carbocycles. The Morgan fingerprint density at radius 2 is 1.94 bits per heavy atom. The van der Waals surface area contributed by atoms with E-state index < -0.39 is 0 Å². The third kappa shape index (κ3) is 7.61. The first-order valence-corrected chi connectivity index (χ1v) is 10.8. The molecule has 1 aliphatic heterocycles. The number of hydrogen-bond donors (Lipinski definition) is 3. The van der Waals surface area contributed by atoms with Crippen LogP contribution in [0, 0.1) is 0 Å². The van der Waals surface area contributed by atoms with Gasteiger partial charge in [-0.25, -0.2) is 0 Å². The second-order valence-corrected chi connectivity index (χ2v) is 7.87. The Labute approximate surface area is 183 Å². The number of hydrogen-bond acceptors (Lipinski definition) is 5. The fourth-order valence-corrected chi connectivity index (χ4v) is 3.29. The highest BCUT2D eigenvalue weighted by Gasteiger charge is 2.16. The van der Waals surface area contributed by atoms with Crippen molar-refractivity contribution in [3.8, 4) is 5.75 Å². The van der Waals surface area contributed by atoms with Gasteiger partial charge in [-0.15, -0.1) is 0 Å². The van der Waals surface area contributed by atoms with Crippen molar-refractivity contribution in [2.75, 3.05) is 25.0 Å². The number of rotatable bonds is 10. The van der Waals surface area contributed by atoms with Gasteiger partial charge in [0.2, 0.25) is 5.91 Å². The van der Waals surface area contributed by atoms with Crippen molar-refractivity contribution < 1.29 is 19.1 Å². The highest BCUT2D eigenvalue weighted by molar-refractivity contribution is 5.95. The molecule has 1 fully saturated rings. The summed E-state index contributed by atoms with van der Waals surface area (Å²) in [5, 5.41) is 8.86. The maximum Gasteiger partial charge on any atom is 0.251 e. The molecule has 1 atom stereocenters. The third-order valence-electron chi connectivity index (χ3n) is 4.88. The van der Waals surface area contributed by atoms with Gasteiger partial charge in [-0.2, -0.15) is 0 Å². The van der Waals surface area contributed by atoms with Gasteiger partial charge in [0, 0.05) is 30.9 Å². The van der Waals surface area contributed by atoms with Gasteiger partial charge in [0.15, 0.2) is 0 Å². The minimum absolute atomic E-state index is 0.105. The van der Waals surface area contributed by atoms with Gasteiger partial charge >= 0.3 is 0 Å². The number of amides is 2. The number of carbonyl (C=O) groups excluding carboxylic acids is 2. The maximum absolute atomic E-state index is 12.4. The monoisotopic (exact) mass is 425 g/mol. The summed E-state index contributed by atoms with van der Waals surface area (Å²) < 4.78 is 11.1. The molecule has 1 unspecified atom stereocenters. The van der Waals surface area contributed by atoms with E-state index in [0.29, 0.717) is 18.7 Å². The number of carbonyl (C=O) groups is 2. The molecule has 0 aliphatic carbocycles. The Morgan fingerprint density at radius 3 is 2.65 bits per heavy atom. The van der Waals surface area contributed by atoms with Gasteiger partial charge < -0.3 is 25.4 Å². The van der Waals surface area contributed by atoms with Crippen molar-refractivity contribution in [1.82, 2.24) is 10.6 Å². The van der Waals surface area contributed by atoms with Gasteiger partial charge in [0.25, 0.3) is 5.91 Å². The van der Waals surface area contributed by atoms with Crippen LogP contribution in [0.15, 0.2) is 48.5 Å². The van der Waals surface area contributed by atoms with E-state index in [4.69, 9.17) is 9.47 Å². The van der Waals surface area contributed by atoms with Crippen LogP contribution in [0.4, 0.5) is 5.69 Å². The molecule has 3 rings (SSSR count). The average Bonchev–Trinajstić information content (AvgIpc) is 3.29. The van der Waals surface area contributed by atoms with Crippen LogP contribution in [-0.4, -0.2) is 43.7 Å². The molecule has 1 aliphatic rings. The Hall–Kier alpha value is -3.06. The van der Waals surface area contributed by atoms with Crippen molar-refractivity contribution in [3.63, 3.8) is 0 Å². The van der Waals surface area contributed by atoms with Gasteiger partial charge in [-0.05, 0) is 62.6 Å². The van der Waals surface area contributed by atoms with Crippen molar-refractivity contribution in [3.05, 3.63) is 59.7 Å². The highest BCUT2D eigenvalue weighted by atomic mass is 16.5. The second-order valence-electron chi connectivity index (χ2n) is 7.87. The lowest BCUT2D eigenvalue weighted by Crippen LogP contribution is -2.32. The van der Waals surface area contributed by atoms with Crippen LogP contribution < -0.4 is 20.7 Å². The Bertz CT molecular complexity index is 861. The topological polar surface area (TPSA) is 88.7 Å². The van der Waals surface area contributed by atoms with Crippen LogP contribution in [0.5, 0.6) is 5.75 Å². The lowest BCUT2D eigenvalue weighted by molar-refractivity contribution is -0.119. The molecule has 1 heterocycles. The molecule has 7 nitrogen and oxygen atoms in total. The van der Waals surface area contributed by atoms with Gasteiger partial charge in [0.1, 0.15) is 5.75 Å². The summed E-state index contributed by atoms with van der Waals surface area (Å²) in [5.74, 6) is 0.538. The number of ether oxygens (including phenoxy) is 2. The summed E-state index contributed by atoms with van der Waals surface area (Å²) >= 11 is 0. The van der Waals surface area contributed by atoms with Gasteiger partial charge in [-0.1, -0.05) is 18.2 Å². The van der Waals surface area contributed by atoms with E-state index in [0.717, 1.165) is 36.4 Å². The Morgan fingerprint density at radius 1 is 1.13 bits per heavy atom. The van der Waals surface area contributed by atoms with E-state index in [-0.39, 0.29) is 30.6 Å². The summed E-state index contributed by atoms with van der Waals surface area (Å²) in [6.07, 6.45) is 2.25. The fraction of sp³-hybridized carbons (Fsp3) is 0.417. The molecule has 0 spiro atoms. The first-order valence-electron chi connectivity index (χ1n) is 10.8. The molecule has 7 heteroatoms. The standard InChI is InChI=1S/C24H31N3O4/c1-17(2)31-21-10-8-18(9-11-21)14-26-23(28)16-25-20-6-3-5-19(13-20)24(29)27-15-22-7-4-12-30-22/h3,5-6,8-11,13,17,22,25H,4,7,12,14-16H2,1-2H3,(H,26,28)(H,27,29). The van der Waals surface area contributed by atoms with Crippen LogP contribution >= 0.6 is 0 Å². The van der Waals surface area contributed by atoms with Crippen molar-refractivity contribution in [1.29, 1.82) is 0 Å². The molecular formula is C24H31N3O4. The minimum Gasteiger partial charge on any atom is -0.491 e. The zero-order chi connectivity index (χ0) is 22.1. The molecule has 166 valence electrons. The van der Waals surface area contributed by atoms with Gasteiger partial charge in [0.05, 0.1) is 18.8 Å². The van der Waals surface area contributed by atoms with Crippen LogP contribution in [0.25, 0.3) is 0 Å². The smallest absolute Gasteiger partial charge is 0.251 e. The summed E-state index contributed by atoms with van der Waals surface area (Å²) in [6.45, 7) is 5.80. The summed E-state index contributed by atoms with van der Waals surface area (Å²) in [6, 6.07) is 14.8. The van der Waals surface area contributed by atoms with Crippen LogP contribution in [0.1, 0.15) is 42.6 Å². The van der Waals surface area contributed by atoms with E-state index in [1.165, 1.54) is 0 Å². The van der Waals surface area contributed by atoms with E-state index >= 15 is 0 Å². The first kappa shape index (κ1) is 22.6. The molecule has 0 aromatic heterocycles. The summed E-state index contributed by atoms with van der Waals surface area (Å²) in [5.41, 5.74) is 2.26. The zero-order valence-corrected chi connectivity index (χ0v) is 18.1. The normalized spacial score (nSPS) is 15.5. The SMILES string of the molecule is CC(C)Oc1ccc(CNC(=O)CNc2cccc(C(=O)NCC3CCCO3)c2)cc1. The van der Waals surface area contributed by atoms with Crippen LogP contribution in [0.2, 0.25) is 0 Å². The Kier molecular flexibility index (Phi) is 8.29. The molecule has 3 N–H and O–H groups in total. The van der Waals surface area contributed by atoms with E-state index in [1.807, 2.05) is 44.2 Å². The van der Waals surface area contributed by atoms with Crippen molar-refractivity contribution >= 4 is 17.5 Å². The van der Waals surface area contributed by atoms with Crippen molar-refractivity contribution in [2.24, 2.45) is 0 Å². The average molecular weight is 426 g/mol. The lowest BCUT2D eigenvalue weighted by atomic mass is 10.1. The number of nitrogens with one attached hydrogen (secondary N) is 3. The van der Waals surface area contributed by atoms with Gasteiger partial charge in [-0.3, -0.25) is 9.59 Å². The summed E-state index contributed by atoms with van der Waals surface area (Å²) in [7, 11) is 0. The van der Waals surface area contributed by atoms with Crippen LogP contribution in [0.3, 0.4) is 0 Å². The van der Waals surface area contributed by atoms with E-state index in [9.17, 15) is 9.59 Å². The molecule has 0 bridgehead atoms. The maximum atomic E-state index is 12.4. The lowest BCUT2D eigenvalue weighted by Gasteiger charge is -2.12. The third-order valence-corrected chi connectivity index (χ3v) is 4.88. The number of benzene rings is 2. The zero-order valence-electron chi connectivity index (χ0n) is 18.1. The molecule has 31 heavy (non-hydrogen) atoms. The predicted molar refractivity (Wildman–Crippen MR) is 120 cm³/mol. The number of anilines is 1. The minimum atomic E-state index is -0.145. The highest BCUT2D eigenvalue weighted by Crippen LogP contribution is 2.14.